The van der Waals surface area contributed by atoms with Gasteiger partial charge in [0.2, 0.25) is 0 Å². The molecule has 106 valence electrons. The Kier molecular flexibility index (Phi) is 3.89. The summed E-state index contributed by atoms with van der Waals surface area (Å²) in [5.41, 5.74) is 2.10. The van der Waals surface area contributed by atoms with Crippen LogP contribution < -0.4 is 4.90 Å². The van der Waals surface area contributed by atoms with Crippen LogP contribution >= 0.6 is 27.5 Å². The average Bonchev–Trinajstić information content (AvgIpc) is 2.87. The normalized spacial score (nSPS) is 19.2. The highest BCUT2D eigenvalue weighted by Crippen LogP contribution is 2.34. The molecular weight excluding hydrogens is 338 g/mol. The SMILES string of the molecule is CN(C)C1CCN(c2ccnc3c(Cl)cc(Br)cc23)C1. The van der Waals surface area contributed by atoms with Crippen LogP contribution in [0.2, 0.25) is 5.02 Å². The Bertz CT molecular complexity index is 644. The molecule has 0 aliphatic carbocycles. The standard InChI is InChI=1S/C15H17BrClN3/c1-19(2)11-4-6-20(9-11)14-3-5-18-15-12(14)7-10(16)8-13(15)17/h3,5,7-8,11H,4,6,9H2,1-2H3. The topological polar surface area (TPSA) is 19.4 Å². The maximum atomic E-state index is 6.30. The minimum Gasteiger partial charge on any atom is -0.369 e. The van der Waals surface area contributed by atoms with E-state index in [1.54, 1.807) is 0 Å². The van der Waals surface area contributed by atoms with Crippen LogP contribution in [-0.4, -0.2) is 43.1 Å². The maximum Gasteiger partial charge on any atom is 0.0909 e. The minimum absolute atomic E-state index is 0.612. The van der Waals surface area contributed by atoms with Gasteiger partial charge in [0.15, 0.2) is 0 Å². The second-order valence-corrected chi connectivity index (χ2v) is 6.79. The number of benzene rings is 1. The van der Waals surface area contributed by atoms with Crippen LogP contribution in [0.4, 0.5) is 5.69 Å². The smallest absolute Gasteiger partial charge is 0.0909 e. The van der Waals surface area contributed by atoms with Crippen molar-refractivity contribution in [3.05, 3.63) is 33.9 Å². The molecule has 0 amide bonds. The van der Waals surface area contributed by atoms with Gasteiger partial charge >= 0.3 is 0 Å². The summed E-state index contributed by atoms with van der Waals surface area (Å²) in [5.74, 6) is 0. The molecule has 3 nitrogen and oxygen atoms in total. The first kappa shape index (κ1) is 14.1. The first-order valence-corrected chi connectivity index (χ1v) is 7.88. The van der Waals surface area contributed by atoms with Crippen LogP contribution in [0.15, 0.2) is 28.9 Å². The van der Waals surface area contributed by atoms with E-state index in [1.165, 1.54) is 12.1 Å². The second kappa shape index (κ2) is 5.51. The summed E-state index contributed by atoms with van der Waals surface area (Å²) in [6, 6.07) is 6.70. The van der Waals surface area contributed by atoms with Crippen molar-refractivity contribution in [1.29, 1.82) is 0 Å². The lowest BCUT2D eigenvalue weighted by atomic mass is 10.1. The first-order valence-electron chi connectivity index (χ1n) is 6.71. The van der Waals surface area contributed by atoms with Crippen molar-refractivity contribution in [2.75, 3.05) is 32.1 Å². The molecule has 1 aromatic heterocycles. The third-order valence-corrected chi connectivity index (χ3v) is 4.72. The molecule has 0 radical (unpaired) electrons. The molecule has 1 aliphatic heterocycles. The molecule has 0 N–H and O–H groups in total. The van der Waals surface area contributed by atoms with Crippen molar-refractivity contribution in [3.8, 4) is 0 Å². The van der Waals surface area contributed by atoms with Gasteiger partial charge in [0.1, 0.15) is 0 Å². The lowest BCUT2D eigenvalue weighted by Gasteiger charge is -2.23. The Hall–Kier alpha value is -0.840. The van der Waals surface area contributed by atoms with E-state index in [-0.39, 0.29) is 0 Å². The number of aromatic nitrogens is 1. The predicted molar refractivity (Wildman–Crippen MR) is 88.8 cm³/mol. The van der Waals surface area contributed by atoms with Crippen molar-refractivity contribution < 1.29 is 0 Å². The van der Waals surface area contributed by atoms with Gasteiger partial charge < -0.3 is 9.80 Å². The van der Waals surface area contributed by atoms with E-state index >= 15 is 0 Å². The van der Waals surface area contributed by atoms with Crippen molar-refractivity contribution >= 4 is 44.1 Å². The number of hydrogen-bond acceptors (Lipinski definition) is 3. The van der Waals surface area contributed by atoms with Crippen LogP contribution in [-0.2, 0) is 0 Å². The van der Waals surface area contributed by atoms with Gasteiger partial charge in [0, 0.05) is 40.9 Å². The third-order valence-electron chi connectivity index (χ3n) is 3.97. The Morgan fingerprint density at radius 3 is 2.90 bits per heavy atom. The van der Waals surface area contributed by atoms with E-state index in [0.717, 1.165) is 28.5 Å². The van der Waals surface area contributed by atoms with Gasteiger partial charge in [-0.1, -0.05) is 27.5 Å². The average molecular weight is 355 g/mol. The van der Waals surface area contributed by atoms with Crippen LogP contribution in [0.1, 0.15) is 6.42 Å². The van der Waals surface area contributed by atoms with Crippen LogP contribution in [0.25, 0.3) is 10.9 Å². The molecule has 1 aromatic carbocycles. The highest BCUT2D eigenvalue weighted by atomic mass is 79.9. The Morgan fingerprint density at radius 1 is 1.40 bits per heavy atom. The van der Waals surface area contributed by atoms with Crippen molar-refractivity contribution in [3.63, 3.8) is 0 Å². The Balaban J connectivity index is 2.04. The predicted octanol–water partition coefficient (Wildman–Crippen LogP) is 3.79. The zero-order chi connectivity index (χ0) is 14.3. The van der Waals surface area contributed by atoms with Gasteiger partial charge in [-0.05, 0) is 38.7 Å². The molecule has 1 aliphatic rings. The molecule has 5 heteroatoms. The Morgan fingerprint density at radius 2 is 2.20 bits per heavy atom. The summed E-state index contributed by atoms with van der Waals surface area (Å²) < 4.78 is 0.993. The Labute approximate surface area is 132 Å². The molecule has 3 rings (SSSR count). The molecule has 0 bridgehead atoms. The summed E-state index contributed by atoms with van der Waals surface area (Å²) in [5, 5.41) is 1.81. The maximum absolute atomic E-state index is 6.30. The number of rotatable bonds is 2. The fraction of sp³-hybridized carbons (Fsp3) is 0.400. The van der Waals surface area contributed by atoms with Gasteiger partial charge in [-0.15, -0.1) is 0 Å². The molecule has 0 spiro atoms. The fourth-order valence-corrected chi connectivity index (χ4v) is 3.68. The van der Waals surface area contributed by atoms with Crippen LogP contribution in [0.3, 0.4) is 0 Å². The van der Waals surface area contributed by atoms with E-state index in [4.69, 9.17) is 11.6 Å². The van der Waals surface area contributed by atoms with Crippen LogP contribution in [0, 0.1) is 0 Å². The highest BCUT2D eigenvalue weighted by molar-refractivity contribution is 9.10. The highest BCUT2D eigenvalue weighted by Gasteiger charge is 2.25. The number of pyridine rings is 1. The van der Waals surface area contributed by atoms with Crippen molar-refractivity contribution in [1.82, 2.24) is 9.88 Å². The molecule has 0 saturated carbocycles. The molecule has 2 aromatic rings. The monoisotopic (exact) mass is 353 g/mol. The summed E-state index contributed by atoms with van der Waals surface area (Å²) in [6.07, 6.45) is 3.04. The van der Waals surface area contributed by atoms with Crippen LogP contribution in [0.5, 0.6) is 0 Å². The van der Waals surface area contributed by atoms with E-state index in [2.05, 4.69) is 56.9 Å². The minimum atomic E-state index is 0.612. The molecule has 20 heavy (non-hydrogen) atoms. The number of anilines is 1. The summed E-state index contributed by atoms with van der Waals surface area (Å²) in [4.78, 5) is 9.14. The van der Waals surface area contributed by atoms with Crippen molar-refractivity contribution in [2.24, 2.45) is 0 Å². The summed E-state index contributed by atoms with van der Waals surface area (Å²) >= 11 is 9.82. The fourth-order valence-electron chi connectivity index (χ4n) is 2.82. The van der Waals surface area contributed by atoms with Gasteiger partial charge in [0.25, 0.3) is 0 Å². The van der Waals surface area contributed by atoms with Gasteiger partial charge in [-0.3, -0.25) is 4.98 Å². The number of nitrogens with zero attached hydrogens (tertiary/aromatic N) is 3. The lowest BCUT2D eigenvalue weighted by Crippen LogP contribution is -2.31. The van der Waals surface area contributed by atoms with Gasteiger partial charge in [0.05, 0.1) is 10.5 Å². The molecule has 2 heterocycles. The molecular formula is C15H17BrClN3. The summed E-state index contributed by atoms with van der Waals surface area (Å²) in [7, 11) is 4.29. The van der Waals surface area contributed by atoms with E-state index in [1.807, 2.05) is 12.3 Å². The molecule has 1 fully saturated rings. The largest absolute Gasteiger partial charge is 0.369 e. The third kappa shape index (κ3) is 2.52. The molecule has 1 unspecified atom stereocenters. The quantitative estimate of drug-likeness (QED) is 0.818. The van der Waals surface area contributed by atoms with Gasteiger partial charge in [-0.25, -0.2) is 0 Å². The van der Waals surface area contributed by atoms with E-state index < -0.39 is 0 Å². The number of likely N-dealkylation sites (N-methyl/N-ethyl adjacent to an activating group) is 1. The molecule has 1 saturated heterocycles. The van der Waals surface area contributed by atoms with E-state index in [0.29, 0.717) is 11.1 Å². The summed E-state index contributed by atoms with van der Waals surface area (Å²) in [6.45, 7) is 2.13. The zero-order valence-electron chi connectivity index (χ0n) is 11.6. The second-order valence-electron chi connectivity index (χ2n) is 5.47. The van der Waals surface area contributed by atoms with E-state index in [9.17, 15) is 0 Å². The molecule has 1 atom stereocenters. The van der Waals surface area contributed by atoms with Gasteiger partial charge in [-0.2, -0.15) is 0 Å². The number of halogens is 2. The lowest BCUT2D eigenvalue weighted by molar-refractivity contribution is 0.315. The number of fused-ring (bicyclic) bond motifs is 1. The number of hydrogen-bond donors (Lipinski definition) is 0. The van der Waals surface area contributed by atoms with Crippen molar-refractivity contribution in [2.45, 2.75) is 12.5 Å². The zero-order valence-corrected chi connectivity index (χ0v) is 13.9. The first-order chi connectivity index (χ1) is 9.56.